The van der Waals surface area contributed by atoms with Crippen LogP contribution in [-0.4, -0.2) is 24.9 Å². The highest BCUT2D eigenvalue weighted by Crippen LogP contribution is 2.49. The van der Waals surface area contributed by atoms with Gasteiger partial charge in [0.15, 0.2) is 23.3 Å². The SMILES string of the molecule is Cc1cc(C)nc(-c2cc(-c3ccc4c(c3)-c3ccccc3C4(C)C)cc(-c3nc(-c4ccccc4)nc(-c4ccccc4)n3)c2)n1. The molecule has 47 heavy (non-hydrogen) atoms. The lowest BCUT2D eigenvalue weighted by molar-refractivity contribution is 0.660. The quantitative estimate of drug-likeness (QED) is 0.195. The fraction of sp³-hybridized carbons (Fsp3) is 0.119. The van der Waals surface area contributed by atoms with Crippen molar-refractivity contribution in [3.05, 3.63) is 150 Å². The number of benzene rings is 5. The Morgan fingerprint density at radius 2 is 0.830 bits per heavy atom. The fourth-order valence-electron chi connectivity index (χ4n) is 6.74. The van der Waals surface area contributed by atoms with E-state index in [-0.39, 0.29) is 5.41 Å². The third-order valence-corrected chi connectivity index (χ3v) is 9.05. The Bertz CT molecular complexity index is 2210. The Labute approximate surface area is 275 Å². The molecular weight excluding hydrogens is 574 g/mol. The maximum atomic E-state index is 5.05. The summed E-state index contributed by atoms with van der Waals surface area (Å²) in [5, 5.41) is 0. The van der Waals surface area contributed by atoms with Crippen molar-refractivity contribution in [1.82, 2.24) is 24.9 Å². The van der Waals surface area contributed by atoms with E-state index in [0.717, 1.165) is 44.8 Å². The molecule has 0 atom stereocenters. The summed E-state index contributed by atoms with van der Waals surface area (Å²) in [5.74, 6) is 2.53. The lowest BCUT2D eigenvalue weighted by atomic mass is 9.82. The van der Waals surface area contributed by atoms with Gasteiger partial charge in [-0.2, -0.15) is 0 Å². The summed E-state index contributed by atoms with van der Waals surface area (Å²) >= 11 is 0. The molecule has 0 bridgehead atoms. The van der Waals surface area contributed by atoms with Crippen molar-refractivity contribution in [3.8, 4) is 67.8 Å². The van der Waals surface area contributed by atoms with Crippen molar-refractivity contribution in [2.75, 3.05) is 0 Å². The zero-order valence-electron chi connectivity index (χ0n) is 26.9. The minimum absolute atomic E-state index is 0.0586. The van der Waals surface area contributed by atoms with Gasteiger partial charge in [-0.3, -0.25) is 0 Å². The van der Waals surface area contributed by atoms with Crippen LogP contribution in [0.15, 0.2) is 127 Å². The largest absolute Gasteiger partial charge is 0.233 e. The number of aromatic nitrogens is 5. The van der Waals surface area contributed by atoms with E-state index < -0.39 is 0 Å². The van der Waals surface area contributed by atoms with E-state index in [1.807, 2.05) is 80.6 Å². The summed E-state index contributed by atoms with van der Waals surface area (Å²) in [4.78, 5) is 24.7. The lowest BCUT2D eigenvalue weighted by Crippen LogP contribution is -2.14. The van der Waals surface area contributed by atoms with E-state index in [1.54, 1.807) is 0 Å². The molecule has 1 aliphatic carbocycles. The monoisotopic (exact) mass is 607 g/mol. The minimum atomic E-state index is -0.0586. The van der Waals surface area contributed by atoms with Crippen LogP contribution in [0.4, 0.5) is 0 Å². The van der Waals surface area contributed by atoms with E-state index in [2.05, 4.69) is 74.5 Å². The van der Waals surface area contributed by atoms with Crippen LogP contribution in [0.25, 0.3) is 67.8 Å². The van der Waals surface area contributed by atoms with Crippen LogP contribution < -0.4 is 0 Å². The fourth-order valence-corrected chi connectivity index (χ4v) is 6.74. The Hall–Kier alpha value is -5.81. The molecule has 0 fully saturated rings. The first kappa shape index (κ1) is 28.6. The van der Waals surface area contributed by atoms with Crippen LogP contribution in [0.2, 0.25) is 0 Å². The van der Waals surface area contributed by atoms with Crippen molar-refractivity contribution < 1.29 is 0 Å². The van der Waals surface area contributed by atoms with Crippen LogP contribution in [0.1, 0.15) is 36.4 Å². The molecule has 5 nitrogen and oxygen atoms in total. The second kappa shape index (κ2) is 11.2. The first-order valence-corrected chi connectivity index (χ1v) is 15.9. The molecule has 0 saturated carbocycles. The lowest BCUT2D eigenvalue weighted by Gasteiger charge is -2.21. The van der Waals surface area contributed by atoms with Gasteiger partial charge in [0.1, 0.15) is 0 Å². The molecule has 7 aromatic rings. The average molecular weight is 608 g/mol. The van der Waals surface area contributed by atoms with E-state index >= 15 is 0 Å². The Kier molecular flexibility index (Phi) is 6.84. The van der Waals surface area contributed by atoms with Crippen molar-refractivity contribution in [3.63, 3.8) is 0 Å². The maximum absolute atomic E-state index is 5.05. The molecule has 0 saturated heterocycles. The van der Waals surface area contributed by atoms with Gasteiger partial charge in [-0.05, 0) is 77.6 Å². The summed E-state index contributed by atoms with van der Waals surface area (Å²) in [6, 6.07) is 44.2. The number of fused-ring (bicyclic) bond motifs is 3. The number of hydrogen-bond donors (Lipinski definition) is 0. The van der Waals surface area contributed by atoms with Crippen molar-refractivity contribution >= 4 is 0 Å². The Morgan fingerprint density at radius 1 is 0.362 bits per heavy atom. The summed E-state index contributed by atoms with van der Waals surface area (Å²) in [6.45, 7) is 8.63. The topological polar surface area (TPSA) is 64.5 Å². The molecule has 2 aromatic heterocycles. The van der Waals surface area contributed by atoms with E-state index in [9.17, 15) is 0 Å². The van der Waals surface area contributed by atoms with Gasteiger partial charge < -0.3 is 0 Å². The molecule has 226 valence electrons. The molecule has 0 N–H and O–H groups in total. The van der Waals surface area contributed by atoms with E-state index in [1.165, 1.54) is 22.3 Å². The van der Waals surface area contributed by atoms with Crippen LogP contribution in [0, 0.1) is 13.8 Å². The molecule has 5 aromatic carbocycles. The first-order valence-electron chi connectivity index (χ1n) is 15.9. The highest BCUT2D eigenvalue weighted by atomic mass is 15.0. The molecule has 0 radical (unpaired) electrons. The molecular formula is C42H33N5. The third-order valence-electron chi connectivity index (χ3n) is 9.05. The highest BCUT2D eigenvalue weighted by Gasteiger charge is 2.35. The summed E-state index contributed by atoms with van der Waals surface area (Å²) in [7, 11) is 0. The predicted octanol–water partition coefficient (Wildman–Crippen LogP) is 9.92. The summed E-state index contributed by atoms with van der Waals surface area (Å²) in [5.41, 5.74) is 12.9. The third kappa shape index (κ3) is 5.20. The minimum Gasteiger partial charge on any atom is -0.233 e. The van der Waals surface area contributed by atoms with Gasteiger partial charge in [0.05, 0.1) is 0 Å². The molecule has 0 unspecified atom stereocenters. The molecule has 8 rings (SSSR count). The van der Waals surface area contributed by atoms with Gasteiger partial charge in [0, 0.05) is 39.1 Å². The first-order chi connectivity index (χ1) is 22.8. The Balaban J connectivity index is 1.36. The van der Waals surface area contributed by atoms with Crippen LogP contribution in [0.3, 0.4) is 0 Å². The van der Waals surface area contributed by atoms with Crippen molar-refractivity contribution in [2.24, 2.45) is 0 Å². The number of aryl methyl sites for hydroxylation is 2. The molecule has 0 aliphatic heterocycles. The van der Waals surface area contributed by atoms with Crippen LogP contribution >= 0.6 is 0 Å². The van der Waals surface area contributed by atoms with Gasteiger partial charge >= 0.3 is 0 Å². The zero-order valence-corrected chi connectivity index (χ0v) is 26.9. The smallest absolute Gasteiger partial charge is 0.164 e. The average Bonchev–Trinajstić information content (AvgIpc) is 3.34. The van der Waals surface area contributed by atoms with Gasteiger partial charge in [0.2, 0.25) is 0 Å². The zero-order chi connectivity index (χ0) is 32.1. The normalized spacial score (nSPS) is 12.9. The number of nitrogens with zero attached hydrogens (tertiary/aromatic N) is 5. The standard InChI is InChI=1S/C42H33N5/c1-26-21-27(2)44-40(43-26)32-22-31(30-19-20-37-35(25-30)34-17-11-12-18-36(34)42(37,3)4)23-33(24-32)41-46-38(28-13-7-5-8-14-28)45-39(47-41)29-15-9-6-10-16-29/h5-25H,1-4H3. The van der Waals surface area contributed by atoms with E-state index in [0.29, 0.717) is 23.3 Å². The molecule has 5 heteroatoms. The maximum Gasteiger partial charge on any atom is 0.164 e. The second-order valence-corrected chi connectivity index (χ2v) is 12.7. The van der Waals surface area contributed by atoms with Gasteiger partial charge in [-0.15, -0.1) is 0 Å². The van der Waals surface area contributed by atoms with Crippen molar-refractivity contribution in [2.45, 2.75) is 33.1 Å². The Morgan fingerprint density at radius 3 is 1.43 bits per heavy atom. The van der Waals surface area contributed by atoms with Gasteiger partial charge in [0.25, 0.3) is 0 Å². The molecule has 1 aliphatic rings. The van der Waals surface area contributed by atoms with E-state index in [4.69, 9.17) is 24.9 Å². The second-order valence-electron chi connectivity index (χ2n) is 12.7. The highest BCUT2D eigenvalue weighted by molar-refractivity contribution is 5.86. The van der Waals surface area contributed by atoms with Crippen molar-refractivity contribution in [1.29, 1.82) is 0 Å². The summed E-state index contributed by atoms with van der Waals surface area (Å²) < 4.78 is 0. The predicted molar refractivity (Wildman–Crippen MR) is 190 cm³/mol. The van der Waals surface area contributed by atoms with Crippen LogP contribution in [0.5, 0.6) is 0 Å². The molecule has 0 amide bonds. The molecule has 0 spiro atoms. The molecule has 2 heterocycles. The summed E-state index contributed by atoms with van der Waals surface area (Å²) in [6.07, 6.45) is 0. The van der Waals surface area contributed by atoms with Gasteiger partial charge in [-0.25, -0.2) is 24.9 Å². The van der Waals surface area contributed by atoms with Gasteiger partial charge in [-0.1, -0.05) is 111 Å². The number of hydrogen-bond acceptors (Lipinski definition) is 5. The number of rotatable bonds is 5. The van der Waals surface area contributed by atoms with Crippen LogP contribution in [-0.2, 0) is 5.41 Å².